The van der Waals surface area contributed by atoms with Crippen LogP contribution >= 0.6 is 11.3 Å². The van der Waals surface area contributed by atoms with Gasteiger partial charge in [-0.2, -0.15) is 0 Å². The molecule has 2 aromatic carbocycles. The number of para-hydroxylation sites is 2. The van der Waals surface area contributed by atoms with Gasteiger partial charge in [0.1, 0.15) is 5.56 Å². The highest BCUT2D eigenvalue weighted by Crippen LogP contribution is 2.31. The number of piperazine rings is 1. The average Bonchev–Trinajstić information content (AvgIpc) is 3.24. The van der Waals surface area contributed by atoms with Crippen molar-refractivity contribution in [2.45, 2.75) is 13.3 Å². The summed E-state index contributed by atoms with van der Waals surface area (Å²) in [6.45, 7) is 6.86. The van der Waals surface area contributed by atoms with Crippen LogP contribution in [0, 0.1) is 10.1 Å². The molecular weight excluding hydrogens is 414 g/mol. The van der Waals surface area contributed by atoms with E-state index in [1.165, 1.54) is 22.4 Å². The van der Waals surface area contributed by atoms with Crippen LogP contribution in [0.15, 0.2) is 42.5 Å². The van der Waals surface area contributed by atoms with Gasteiger partial charge in [0.25, 0.3) is 11.6 Å². The lowest BCUT2D eigenvalue weighted by atomic mass is 10.1. The molecule has 1 aliphatic heterocycles. The van der Waals surface area contributed by atoms with E-state index >= 15 is 0 Å². The summed E-state index contributed by atoms with van der Waals surface area (Å²) in [6.07, 6.45) is 0.978. The Morgan fingerprint density at radius 1 is 1.16 bits per heavy atom. The number of amides is 1. The van der Waals surface area contributed by atoms with Gasteiger partial charge in [0, 0.05) is 45.3 Å². The number of fused-ring (bicyclic) bond motifs is 1. The Labute approximate surface area is 184 Å². The van der Waals surface area contributed by atoms with Crippen molar-refractivity contribution in [1.29, 1.82) is 0 Å². The Hall–Kier alpha value is -3.04. The van der Waals surface area contributed by atoms with E-state index in [0.717, 1.165) is 43.2 Å². The van der Waals surface area contributed by atoms with Gasteiger partial charge in [-0.15, -0.1) is 0 Å². The molecule has 0 saturated carbocycles. The van der Waals surface area contributed by atoms with Crippen molar-refractivity contribution in [1.82, 2.24) is 15.2 Å². The minimum Gasteiger partial charge on any atom is -0.351 e. The fourth-order valence-corrected chi connectivity index (χ4v) is 4.89. The number of anilines is 1. The van der Waals surface area contributed by atoms with Gasteiger partial charge in [0.15, 0.2) is 5.13 Å². The molecule has 162 valence electrons. The fourth-order valence-electron chi connectivity index (χ4n) is 3.82. The van der Waals surface area contributed by atoms with Crippen LogP contribution in [-0.2, 0) is 6.42 Å². The highest BCUT2D eigenvalue weighted by Gasteiger charge is 2.22. The molecule has 0 unspecified atom stereocenters. The molecule has 0 bridgehead atoms. The third kappa shape index (κ3) is 4.67. The zero-order chi connectivity index (χ0) is 21.8. The first-order valence-corrected chi connectivity index (χ1v) is 11.3. The molecule has 4 rings (SSSR count). The third-order valence-corrected chi connectivity index (χ3v) is 6.66. The number of nitrogens with zero attached hydrogens (tertiary/aromatic N) is 4. The number of nitrogens with one attached hydrogen (secondary N) is 1. The molecule has 0 atom stereocenters. The highest BCUT2D eigenvalue weighted by atomic mass is 32.1. The number of nitro groups is 1. The quantitative estimate of drug-likeness (QED) is 0.449. The van der Waals surface area contributed by atoms with E-state index in [1.807, 2.05) is 0 Å². The number of hydrogen-bond donors (Lipinski definition) is 1. The largest absolute Gasteiger partial charge is 0.351 e. The van der Waals surface area contributed by atoms with E-state index < -0.39 is 10.8 Å². The topological polar surface area (TPSA) is 91.6 Å². The average molecular weight is 440 g/mol. The van der Waals surface area contributed by atoms with Crippen molar-refractivity contribution in [3.8, 4) is 0 Å². The number of thiazole rings is 1. The summed E-state index contributed by atoms with van der Waals surface area (Å²) in [5.41, 5.74) is 2.33. The van der Waals surface area contributed by atoms with Crippen LogP contribution < -0.4 is 10.2 Å². The molecule has 1 N–H and O–H groups in total. The first-order valence-electron chi connectivity index (χ1n) is 10.4. The van der Waals surface area contributed by atoms with E-state index in [-0.39, 0.29) is 11.3 Å². The number of hydrogen-bond acceptors (Lipinski definition) is 7. The van der Waals surface area contributed by atoms with Crippen molar-refractivity contribution in [3.05, 3.63) is 63.7 Å². The minimum atomic E-state index is -0.528. The predicted molar refractivity (Wildman–Crippen MR) is 123 cm³/mol. The normalized spacial score (nSPS) is 14.7. The number of carbonyl (C=O) groups excluding carboxylic acids is 1. The van der Waals surface area contributed by atoms with Crippen molar-refractivity contribution in [3.63, 3.8) is 0 Å². The van der Waals surface area contributed by atoms with Gasteiger partial charge in [-0.3, -0.25) is 19.8 Å². The first-order chi connectivity index (χ1) is 15.1. The Bertz CT molecular complexity index is 1090. The lowest BCUT2D eigenvalue weighted by Gasteiger charge is -2.34. The van der Waals surface area contributed by atoms with Gasteiger partial charge in [-0.05, 0) is 24.1 Å². The van der Waals surface area contributed by atoms with Crippen LogP contribution in [0.5, 0.6) is 0 Å². The van der Waals surface area contributed by atoms with Crippen LogP contribution in [0.2, 0.25) is 0 Å². The van der Waals surface area contributed by atoms with Gasteiger partial charge >= 0.3 is 0 Å². The molecule has 1 aliphatic rings. The van der Waals surface area contributed by atoms with E-state index in [1.54, 1.807) is 23.5 Å². The number of aryl methyl sites for hydroxylation is 1. The maximum absolute atomic E-state index is 12.3. The Balaban J connectivity index is 1.28. The molecule has 0 aliphatic carbocycles. The number of benzene rings is 2. The fraction of sp³-hybridized carbons (Fsp3) is 0.364. The van der Waals surface area contributed by atoms with Crippen molar-refractivity contribution in [2.24, 2.45) is 0 Å². The maximum Gasteiger partial charge on any atom is 0.282 e. The van der Waals surface area contributed by atoms with Gasteiger partial charge in [-0.25, -0.2) is 4.98 Å². The van der Waals surface area contributed by atoms with Crippen LogP contribution in [0.4, 0.5) is 10.8 Å². The molecular formula is C22H25N5O3S. The van der Waals surface area contributed by atoms with Crippen LogP contribution in [-0.4, -0.2) is 60.0 Å². The molecule has 9 heteroatoms. The Morgan fingerprint density at radius 2 is 1.94 bits per heavy atom. The summed E-state index contributed by atoms with van der Waals surface area (Å²) in [4.78, 5) is 32.4. The molecule has 3 aromatic rings. The van der Waals surface area contributed by atoms with Gasteiger partial charge in [0.2, 0.25) is 0 Å². The van der Waals surface area contributed by atoms with Crippen molar-refractivity contribution in [2.75, 3.05) is 44.2 Å². The van der Waals surface area contributed by atoms with Gasteiger partial charge in [-0.1, -0.05) is 42.5 Å². The zero-order valence-electron chi connectivity index (χ0n) is 17.4. The maximum atomic E-state index is 12.3. The van der Waals surface area contributed by atoms with Crippen molar-refractivity contribution >= 4 is 38.3 Å². The standard InChI is InChI=1S/C22H25N5O3S/c1-2-16-6-5-9-19-20(16)24-22(31-19)26-14-12-25(13-15-26)11-10-23-21(28)17-7-3-4-8-18(17)27(29)30/h3-9H,2,10-15H2,1H3,(H,23,28). The molecule has 0 radical (unpaired) electrons. The molecule has 1 aromatic heterocycles. The molecule has 2 heterocycles. The summed E-state index contributed by atoms with van der Waals surface area (Å²) >= 11 is 1.74. The minimum absolute atomic E-state index is 0.0969. The lowest BCUT2D eigenvalue weighted by molar-refractivity contribution is -0.385. The zero-order valence-corrected chi connectivity index (χ0v) is 18.2. The third-order valence-electron chi connectivity index (χ3n) is 5.57. The Kier molecular flexibility index (Phi) is 6.43. The van der Waals surface area contributed by atoms with Crippen LogP contribution in [0.3, 0.4) is 0 Å². The van der Waals surface area contributed by atoms with E-state index in [9.17, 15) is 14.9 Å². The second-order valence-corrected chi connectivity index (χ2v) is 8.48. The molecule has 8 nitrogen and oxygen atoms in total. The smallest absolute Gasteiger partial charge is 0.282 e. The first kappa shape index (κ1) is 21.2. The van der Waals surface area contributed by atoms with Crippen molar-refractivity contribution < 1.29 is 9.72 Å². The predicted octanol–water partition coefficient (Wildman–Crippen LogP) is 3.32. The summed E-state index contributed by atoms with van der Waals surface area (Å²) in [5.74, 6) is -0.410. The summed E-state index contributed by atoms with van der Waals surface area (Å²) in [7, 11) is 0. The number of aromatic nitrogens is 1. The second-order valence-electron chi connectivity index (χ2n) is 7.47. The summed E-state index contributed by atoms with van der Waals surface area (Å²) in [6, 6.07) is 12.4. The Morgan fingerprint density at radius 3 is 2.68 bits per heavy atom. The summed E-state index contributed by atoms with van der Waals surface area (Å²) in [5, 5.41) is 15.0. The summed E-state index contributed by atoms with van der Waals surface area (Å²) < 4.78 is 1.23. The number of carbonyl (C=O) groups is 1. The molecule has 0 spiro atoms. The van der Waals surface area contributed by atoms with E-state index in [2.05, 4.69) is 40.2 Å². The molecule has 31 heavy (non-hydrogen) atoms. The van der Waals surface area contributed by atoms with Gasteiger partial charge < -0.3 is 10.2 Å². The second kappa shape index (κ2) is 9.40. The SMILES string of the molecule is CCc1cccc2sc(N3CCN(CCNC(=O)c4ccccc4[N+](=O)[O-])CC3)nc12. The monoisotopic (exact) mass is 439 g/mol. The van der Waals surface area contributed by atoms with E-state index in [4.69, 9.17) is 4.98 Å². The number of rotatable bonds is 7. The molecule has 1 amide bonds. The lowest BCUT2D eigenvalue weighted by Crippen LogP contribution is -2.48. The van der Waals surface area contributed by atoms with E-state index in [0.29, 0.717) is 13.1 Å². The van der Waals surface area contributed by atoms with Crippen LogP contribution in [0.25, 0.3) is 10.2 Å². The molecule has 1 saturated heterocycles. The van der Waals surface area contributed by atoms with Gasteiger partial charge in [0.05, 0.1) is 15.1 Å². The number of nitro benzene ring substituents is 1. The molecule has 1 fully saturated rings. The highest BCUT2D eigenvalue weighted by molar-refractivity contribution is 7.22. The van der Waals surface area contributed by atoms with Crippen LogP contribution in [0.1, 0.15) is 22.8 Å².